The average molecular weight is 351 g/mol. The van der Waals surface area contributed by atoms with E-state index in [2.05, 4.69) is 20.5 Å². The van der Waals surface area contributed by atoms with Gasteiger partial charge in [-0.3, -0.25) is 19.5 Å². The molecule has 0 atom stereocenters. The normalized spacial score (nSPS) is 13.7. The van der Waals surface area contributed by atoms with Crippen molar-refractivity contribution in [2.24, 2.45) is 5.73 Å². The molecule has 2 heterocycles. The zero-order chi connectivity index (χ0) is 18.3. The van der Waals surface area contributed by atoms with Crippen molar-refractivity contribution in [3.8, 4) is 0 Å². The summed E-state index contributed by atoms with van der Waals surface area (Å²) in [6, 6.07) is 8.04. The highest BCUT2D eigenvalue weighted by Gasteiger charge is 2.25. The number of benzene rings is 1. The van der Waals surface area contributed by atoms with E-state index in [9.17, 15) is 14.4 Å². The van der Waals surface area contributed by atoms with Crippen LogP contribution in [-0.2, 0) is 11.2 Å². The van der Waals surface area contributed by atoms with E-state index in [1.165, 1.54) is 0 Å². The Kier molecular flexibility index (Phi) is 3.80. The zero-order valence-corrected chi connectivity index (χ0v) is 13.8. The van der Waals surface area contributed by atoms with Gasteiger partial charge >= 0.3 is 0 Å². The van der Waals surface area contributed by atoms with E-state index in [1.807, 2.05) is 6.07 Å². The van der Waals surface area contributed by atoms with Crippen LogP contribution in [0, 0.1) is 0 Å². The molecular weight excluding hydrogens is 334 g/mol. The zero-order valence-electron chi connectivity index (χ0n) is 13.8. The summed E-state index contributed by atoms with van der Waals surface area (Å²) in [5.74, 6) is 0.118. The molecule has 0 saturated heterocycles. The first-order valence-corrected chi connectivity index (χ1v) is 8.30. The Morgan fingerprint density at radius 1 is 1.23 bits per heavy atom. The number of carbonyl (C=O) groups excluding carboxylic acids is 2. The van der Waals surface area contributed by atoms with Gasteiger partial charge in [-0.2, -0.15) is 5.10 Å². The molecule has 0 aliphatic heterocycles. The van der Waals surface area contributed by atoms with Crippen molar-refractivity contribution < 1.29 is 9.59 Å². The fraction of sp³-hybridized carbons (Fsp3) is 0.222. The topological polar surface area (TPSA) is 134 Å². The smallest absolute Gasteiger partial charge is 0.265 e. The number of H-pyrrole nitrogens is 2. The van der Waals surface area contributed by atoms with Crippen LogP contribution in [0.3, 0.4) is 0 Å². The molecule has 132 valence electrons. The van der Waals surface area contributed by atoms with Gasteiger partial charge in [-0.15, -0.1) is 0 Å². The van der Waals surface area contributed by atoms with Gasteiger partial charge in [0.15, 0.2) is 11.2 Å². The highest BCUT2D eigenvalue weighted by atomic mass is 16.2. The Hall–Kier alpha value is -3.42. The largest absolute Gasteiger partial charge is 0.364 e. The maximum absolute atomic E-state index is 12.2. The second-order valence-corrected chi connectivity index (χ2v) is 6.50. The van der Waals surface area contributed by atoms with Crippen LogP contribution in [0.2, 0.25) is 0 Å². The number of primary amides is 1. The third-order valence-corrected chi connectivity index (χ3v) is 4.41. The molecule has 0 radical (unpaired) electrons. The predicted molar refractivity (Wildman–Crippen MR) is 96.0 cm³/mol. The van der Waals surface area contributed by atoms with Gasteiger partial charge in [-0.05, 0) is 30.5 Å². The molecule has 4 rings (SSSR count). The summed E-state index contributed by atoms with van der Waals surface area (Å²) in [6.07, 6.45) is 2.41. The van der Waals surface area contributed by atoms with Gasteiger partial charge in [0.2, 0.25) is 5.91 Å². The highest BCUT2D eigenvalue weighted by Crippen LogP contribution is 2.39. The Labute approximate surface area is 147 Å². The Balaban J connectivity index is 1.51. The average Bonchev–Trinajstić information content (AvgIpc) is 3.35. The first-order chi connectivity index (χ1) is 12.5. The molecule has 8 nitrogen and oxygen atoms in total. The number of anilines is 1. The minimum Gasteiger partial charge on any atom is -0.364 e. The molecule has 0 unspecified atom stereocenters. The van der Waals surface area contributed by atoms with Gasteiger partial charge in [0.05, 0.1) is 6.42 Å². The number of nitrogens with two attached hydrogens (primary N) is 1. The minimum atomic E-state index is -0.697. The number of rotatable bonds is 5. The van der Waals surface area contributed by atoms with Crippen molar-refractivity contribution in [3.63, 3.8) is 0 Å². The van der Waals surface area contributed by atoms with Gasteiger partial charge < -0.3 is 16.0 Å². The number of hydrogen-bond donors (Lipinski definition) is 4. The summed E-state index contributed by atoms with van der Waals surface area (Å²) < 4.78 is 0. The highest BCUT2D eigenvalue weighted by molar-refractivity contribution is 5.94. The van der Waals surface area contributed by atoms with E-state index >= 15 is 0 Å². The first kappa shape index (κ1) is 16.1. The third kappa shape index (κ3) is 3.21. The van der Waals surface area contributed by atoms with Crippen LogP contribution in [0.1, 0.15) is 40.5 Å². The molecule has 1 aromatic carbocycles. The molecule has 3 aromatic rings. The van der Waals surface area contributed by atoms with Gasteiger partial charge in [0.25, 0.3) is 5.91 Å². The summed E-state index contributed by atoms with van der Waals surface area (Å²) >= 11 is 0. The fourth-order valence-corrected chi connectivity index (χ4v) is 2.91. The predicted octanol–water partition coefficient (Wildman–Crippen LogP) is 1.41. The number of nitrogens with zero attached hydrogens (tertiary/aromatic N) is 1. The van der Waals surface area contributed by atoms with Gasteiger partial charge in [0.1, 0.15) is 5.69 Å². The molecule has 1 saturated carbocycles. The molecule has 0 spiro atoms. The lowest BCUT2D eigenvalue weighted by atomic mass is 10.1. The molecule has 5 N–H and O–H groups in total. The quantitative estimate of drug-likeness (QED) is 0.553. The number of amides is 2. The molecule has 8 heteroatoms. The van der Waals surface area contributed by atoms with Crippen LogP contribution in [0.15, 0.2) is 35.1 Å². The van der Waals surface area contributed by atoms with Crippen LogP contribution in [0.25, 0.3) is 10.9 Å². The molecule has 2 aromatic heterocycles. The van der Waals surface area contributed by atoms with Crippen molar-refractivity contribution in [2.45, 2.75) is 25.2 Å². The SMILES string of the molecule is NC(=O)c1cc(=O)c2cc(CC(=O)Nc3cc(C4CC4)[nH]n3)ccc2[nH]1. The number of fused-ring (bicyclic) bond motifs is 1. The number of pyridine rings is 1. The van der Waals surface area contributed by atoms with Crippen LogP contribution in [-0.4, -0.2) is 27.0 Å². The van der Waals surface area contributed by atoms with Crippen molar-refractivity contribution in [1.82, 2.24) is 15.2 Å². The van der Waals surface area contributed by atoms with Crippen LogP contribution in [0.4, 0.5) is 5.82 Å². The fourth-order valence-electron chi connectivity index (χ4n) is 2.91. The molecule has 26 heavy (non-hydrogen) atoms. The summed E-state index contributed by atoms with van der Waals surface area (Å²) in [6.45, 7) is 0. The van der Waals surface area contributed by atoms with Crippen molar-refractivity contribution in [3.05, 3.63) is 57.5 Å². The second-order valence-electron chi connectivity index (χ2n) is 6.50. The van der Waals surface area contributed by atoms with E-state index in [1.54, 1.807) is 18.2 Å². The summed E-state index contributed by atoms with van der Waals surface area (Å²) in [4.78, 5) is 38.4. The monoisotopic (exact) mass is 351 g/mol. The molecule has 2 amide bonds. The van der Waals surface area contributed by atoms with Gasteiger partial charge in [-0.25, -0.2) is 0 Å². The van der Waals surface area contributed by atoms with E-state index < -0.39 is 5.91 Å². The maximum atomic E-state index is 12.2. The minimum absolute atomic E-state index is 0.0537. The van der Waals surface area contributed by atoms with Crippen molar-refractivity contribution >= 4 is 28.5 Å². The van der Waals surface area contributed by atoms with Gasteiger partial charge in [-0.1, -0.05) is 6.07 Å². The summed E-state index contributed by atoms with van der Waals surface area (Å²) in [7, 11) is 0. The Bertz CT molecular complexity index is 1080. The number of nitrogens with one attached hydrogen (secondary N) is 3. The van der Waals surface area contributed by atoms with E-state index in [0.29, 0.717) is 28.2 Å². The second kappa shape index (κ2) is 6.14. The number of hydrogen-bond acceptors (Lipinski definition) is 4. The summed E-state index contributed by atoms with van der Waals surface area (Å²) in [5, 5.41) is 10.2. The van der Waals surface area contributed by atoms with Gasteiger partial charge in [0, 0.05) is 34.6 Å². The molecule has 1 fully saturated rings. The molecule has 1 aliphatic carbocycles. The Morgan fingerprint density at radius 2 is 2.04 bits per heavy atom. The standard InChI is InChI=1S/C18H17N5O3/c19-18(26)14-7-15(24)11-5-9(1-4-12(11)20-14)6-17(25)21-16-8-13(22-23-16)10-2-3-10/h1,4-5,7-8,10H,2-3,6H2,(H2,19,26)(H,20,24)(H2,21,22,23,25). The van der Waals surface area contributed by atoms with Crippen LogP contribution < -0.4 is 16.5 Å². The maximum Gasteiger partial charge on any atom is 0.265 e. The van der Waals surface area contributed by atoms with E-state index in [4.69, 9.17) is 5.73 Å². The summed E-state index contributed by atoms with van der Waals surface area (Å²) in [5.41, 5.74) is 7.15. The molecular formula is C18H17N5O3. The lowest BCUT2D eigenvalue weighted by molar-refractivity contribution is -0.115. The number of carbonyl (C=O) groups is 2. The number of aromatic amines is 2. The van der Waals surface area contributed by atoms with Crippen LogP contribution >= 0.6 is 0 Å². The first-order valence-electron chi connectivity index (χ1n) is 8.30. The lowest BCUT2D eigenvalue weighted by Crippen LogP contribution is -2.17. The lowest BCUT2D eigenvalue weighted by Gasteiger charge is -2.05. The molecule has 1 aliphatic rings. The van der Waals surface area contributed by atoms with E-state index in [0.717, 1.165) is 24.6 Å². The van der Waals surface area contributed by atoms with E-state index in [-0.39, 0.29) is 23.5 Å². The van der Waals surface area contributed by atoms with Crippen LogP contribution in [0.5, 0.6) is 0 Å². The molecule has 0 bridgehead atoms. The number of aromatic nitrogens is 3. The third-order valence-electron chi connectivity index (χ3n) is 4.41. The van der Waals surface area contributed by atoms with Crippen molar-refractivity contribution in [2.75, 3.05) is 5.32 Å². The Morgan fingerprint density at radius 3 is 2.77 bits per heavy atom. The van der Waals surface area contributed by atoms with Crippen molar-refractivity contribution in [1.29, 1.82) is 0 Å².